The van der Waals surface area contributed by atoms with Crippen molar-refractivity contribution >= 4 is 11.5 Å². The maximum absolute atomic E-state index is 10.4. The Balaban J connectivity index is 1.92. The highest BCUT2D eigenvalue weighted by molar-refractivity contribution is 5.73. The van der Waals surface area contributed by atoms with Crippen LogP contribution in [-0.2, 0) is 0 Å². The fourth-order valence-corrected chi connectivity index (χ4v) is 4.08. The van der Waals surface area contributed by atoms with E-state index in [9.17, 15) is 5.11 Å². The molecule has 1 heterocycles. The van der Waals surface area contributed by atoms with Crippen molar-refractivity contribution in [2.75, 3.05) is 5.73 Å². The van der Waals surface area contributed by atoms with Gasteiger partial charge < -0.3 is 16.2 Å². The fourth-order valence-electron chi connectivity index (χ4n) is 4.08. The highest BCUT2D eigenvalue weighted by Crippen LogP contribution is 2.30. The number of anilines is 1. The summed E-state index contributed by atoms with van der Waals surface area (Å²) in [5, 5.41) is 14.2. The van der Waals surface area contributed by atoms with Crippen molar-refractivity contribution in [3.63, 3.8) is 0 Å². The van der Waals surface area contributed by atoms with Gasteiger partial charge in [0.25, 0.3) is 0 Å². The minimum Gasteiger partial charge on any atom is -0.507 e. The van der Waals surface area contributed by atoms with E-state index in [1.54, 1.807) is 12.3 Å². The van der Waals surface area contributed by atoms with Crippen LogP contribution in [0.4, 0.5) is 5.82 Å². The van der Waals surface area contributed by atoms with E-state index in [4.69, 9.17) is 10.7 Å². The molecule has 0 aliphatic heterocycles. The number of phenols is 1. The largest absolute Gasteiger partial charge is 0.507 e. The van der Waals surface area contributed by atoms with Crippen LogP contribution < -0.4 is 11.1 Å². The van der Waals surface area contributed by atoms with Crippen LogP contribution in [0.15, 0.2) is 30.5 Å². The number of aromatic hydroxyl groups is 1. The lowest BCUT2D eigenvalue weighted by atomic mass is 9.96. The Kier molecular flexibility index (Phi) is 8.12. The lowest BCUT2D eigenvalue weighted by Gasteiger charge is -2.24. The van der Waals surface area contributed by atoms with Gasteiger partial charge in [-0.3, -0.25) is 0 Å². The molecule has 0 amide bonds. The number of benzene rings is 1. The van der Waals surface area contributed by atoms with E-state index in [2.05, 4.69) is 23.3 Å². The summed E-state index contributed by atoms with van der Waals surface area (Å²) in [4.78, 5) is 9.26. The molecule has 0 spiro atoms. The van der Waals surface area contributed by atoms with Crippen LogP contribution >= 0.6 is 0 Å². The maximum Gasteiger partial charge on any atom is 0.151 e. The average molecular weight is 409 g/mol. The van der Waals surface area contributed by atoms with Gasteiger partial charge in [-0.15, -0.1) is 0 Å². The predicted molar refractivity (Wildman–Crippen MR) is 125 cm³/mol. The zero-order chi connectivity index (χ0) is 21.3. The molecule has 0 radical (unpaired) electrons. The molecule has 1 aromatic carbocycles. The summed E-state index contributed by atoms with van der Waals surface area (Å²) in [6.07, 6.45) is 16.0. The van der Waals surface area contributed by atoms with Gasteiger partial charge in [0.1, 0.15) is 11.4 Å². The van der Waals surface area contributed by atoms with Gasteiger partial charge in [-0.2, -0.15) is 0 Å². The van der Waals surface area contributed by atoms with Gasteiger partial charge in [-0.1, -0.05) is 57.6 Å². The van der Waals surface area contributed by atoms with Crippen LogP contribution in [0.1, 0.15) is 82.4 Å². The van der Waals surface area contributed by atoms with Gasteiger partial charge in [0.15, 0.2) is 5.82 Å². The van der Waals surface area contributed by atoms with E-state index >= 15 is 0 Å². The van der Waals surface area contributed by atoms with Crippen LogP contribution in [-0.4, -0.2) is 21.1 Å². The van der Waals surface area contributed by atoms with Crippen LogP contribution in [0.2, 0.25) is 0 Å². The molecule has 4 N–H and O–H groups in total. The van der Waals surface area contributed by atoms with E-state index < -0.39 is 0 Å². The number of hydrogen-bond donors (Lipinski definition) is 3. The monoisotopic (exact) mass is 408 g/mol. The molecule has 5 heteroatoms. The van der Waals surface area contributed by atoms with Crippen molar-refractivity contribution in [2.45, 2.75) is 84.1 Å². The first-order valence-electron chi connectivity index (χ1n) is 11.5. The smallest absolute Gasteiger partial charge is 0.151 e. The number of nitrogens with zero attached hydrogens (tertiary/aromatic N) is 2. The Hall–Kier alpha value is -2.56. The third kappa shape index (κ3) is 5.97. The van der Waals surface area contributed by atoms with Crippen molar-refractivity contribution in [2.24, 2.45) is 0 Å². The summed E-state index contributed by atoms with van der Waals surface area (Å²) >= 11 is 0. The molecular weight excluding hydrogens is 372 g/mol. The quantitative estimate of drug-likeness (QED) is 0.491. The van der Waals surface area contributed by atoms with E-state index in [-0.39, 0.29) is 5.75 Å². The Morgan fingerprint density at radius 1 is 1.20 bits per heavy atom. The highest BCUT2D eigenvalue weighted by atomic mass is 16.3. The maximum atomic E-state index is 10.4. The molecule has 5 nitrogen and oxygen atoms in total. The summed E-state index contributed by atoms with van der Waals surface area (Å²) in [6.45, 7) is 4.15. The predicted octanol–water partition coefficient (Wildman–Crippen LogP) is 5.97. The molecule has 2 aromatic rings. The van der Waals surface area contributed by atoms with Gasteiger partial charge in [0, 0.05) is 11.6 Å². The summed E-state index contributed by atoms with van der Waals surface area (Å²) < 4.78 is 0. The molecule has 1 aliphatic carbocycles. The number of hydrogen-bond acceptors (Lipinski definition) is 5. The van der Waals surface area contributed by atoms with Crippen molar-refractivity contribution in [3.8, 4) is 17.0 Å². The normalized spacial score (nSPS) is 16.1. The van der Waals surface area contributed by atoms with Crippen LogP contribution in [0, 0.1) is 6.92 Å². The van der Waals surface area contributed by atoms with Crippen LogP contribution in [0.3, 0.4) is 0 Å². The first kappa shape index (κ1) is 22.1. The zero-order valence-electron chi connectivity index (χ0n) is 18.5. The molecule has 0 bridgehead atoms. The number of aryl methyl sites for hydroxylation is 1. The molecule has 1 saturated carbocycles. The minimum atomic E-state index is 0.213. The summed E-state index contributed by atoms with van der Waals surface area (Å²) in [6, 6.07) is 6.04. The molecule has 1 fully saturated rings. The number of aromatic nitrogens is 2. The number of nitrogen functional groups attached to an aromatic ring is 1. The van der Waals surface area contributed by atoms with Gasteiger partial charge >= 0.3 is 0 Å². The number of rotatable bonds is 7. The summed E-state index contributed by atoms with van der Waals surface area (Å²) in [7, 11) is 0. The van der Waals surface area contributed by atoms with E-state index in [1.807, 2.05) is 19.1 Å². The minimum absolute atomic E-state index is 0.213. The van der Waals surface area contributed by atoms with Crippen molar-refractivity contribution in [1.29, 1.82) is 0 Å². The summed E-state index contributed by atoms with van der Waals surface area (Å²) in [5.41, 5.74) is 10.3. The second-order valence-corrected chi connectivity index (χ2v) is 8.46. The third-order valence-corrected chi connectivity index (χ3v) is 5.86. The van der Waals surface area contributed by atoms with Gasteiger partial charge in [-0.05, 0) is 50.3 Å². The van der Waals surface area contributed by atoms with Crippen molar-refractivity contribution in [1.82, 2.24) is 15.3 Å². The number of unbranched alkanes of at least 4 members (excludes halogenated alkanes) is 2. The zero-order valence-corrected chi connectivity index (χ0v) is 18.5. The molecule has 0 atom stereocenters. The molecule has 3 rings (SSSR count). The molecule has 1 aromatic heterocycles. The van der Waals surface area contributed by atoms with Crippen molar-refractivity contribution < 1.29 is 5.11 Å². The Bertz CT molecular complexity index is 854. The Morgan fingerprint density at radius 3 is 2.63 bits per heavy atom. The highest BCUT2D eigenvalue weighted by Gasteiger charge is 2.18. The van der Waals surface area contributed by atoms with Crippen LogP contribution in [0.5, 0.6) is 5.75 Å². The SMILES string of the molecule is CCCC/C=C(\NC1CCCCCCC1)c1nc(-c2ccc(C)cc2O)cnc1N. The number of nitrogens with two attached hydrogens (primary N) is 1. The fraction of sp³-hybridized carbons (Fsp3) is 0.520. The van der Waals surface area contributed by atoms with Gasteiger partial charge in [0.2, 0.25) is 0 Å². The van der Waals surface area contributed by atoms with Gasteiger partial charge in [-0.25, -0.2) is 9.97 Å². The standard InChI is InChI=1S/C25H36N4O/c1-3-4-8-13-21(28-19-11-9-6-5-7-10-12-19)24-25(26)27-17-22(29-24)20-15-14-18(2)16-23(20)30/h13-17,19,28,30H,3-12H2,1-2H3,(H2,26,27)/b21-13-. The summed E-state index contributed by atoms with van der Waals surface area (Å²) in [5.74, 6) is 0.635. The van der Waals surface area contributed by atoms with E-state index in [1.165, 1.54) is 44.9 Å². The number of nitrogens with one attached hydrogen (secondary N) is 1. The first-order chi connectivity index (χ1) is 14.6. The molecule has 0 unspecified atom stereocenters. The average Bonchev–Trinajstić information content (AvgIpc) is 2.70. The second-order valence-electron chi connectivity index (χ2n) is 8.46. The molecule has 1 aliphatic rings. The van der Waals surface area contributed by atoms with Gasteiger partial charge in [0.05, 0.1) is 17.6 Å². The molecule has 30 heavy (non-hydrogen) atoms. The Labute approximate surface area is 180 Å². The molecule has 162 valence electrons. The Morgan fingerprint density at radius 2 is 1.93 bits per heavy atom. The number of allylic oxidation sites excluding steroid dienone is 1. The topological polar surface area (TPSA) is 84.1 Å². The van der Waals surface area contributed by atoms with E-state index in [0.717, 1.165) is 30.5 Å². The first-order valence-corrected chi connectivity index (χ1v) is 11.5. The second kappa shape index (κ2) is 11.0. The molecular formula is C25H36N4O. The molecule has 0 saturated heterocycles. The lowest BCUT2D eigenvalue weighted by Crippen LogP contribution is -2.29. The number of phenolic OH excluding ortho intramolecular Hbond substituents is 1. The van der Waals surface area contributed by atoms with Crippen molar-refractivity contribution in [3.05, 3.63) is 41.7 Å². The van der Waals surface area contributed by atoms with E-state index in [0.29, 0.717) is 28.8 Å². The third-order valence-electron chi connectivity index (χ3n) is 5.86. The lowest BCUT2D eigenvalue weighted by molar-refractivity contribution is 0.424. The van der Waals surface area contributed by atoms with Crippen LogP contribution in [0.25, 0.3) is 17.0 Å².